The highest BCUT2D eigenvalue weighted by Crippen LogP contribution is 2.32. The average Bonchev–Trinajstić information content (AvgIpc) is 3.16. The summed E-state index contributed by atoms with van der Waals surface area (Å²) in [6, 6.07) is 15.5. The topological polar surface area (TPSA) is 73.3 Å². The number of rotatable bonds is 7. The third kappa shape index (κ3) is 4.46. The summed E-state index contributed by atoms with van der Waals surface area (Å²) in [4.78, 5) is 20.5. The molecule has 0 saturated carbocycles. The SMILES string of the molecule is O=C(CCOc1ccccc1)NCC1Cc2cc(-c3cnccn3)ccc2O1. The lowest BCUT2D eigenvalue weighted by molar-refractivity contribution is -0.121. The molecule has 2 aromatic carbocycles. The minimum Gasteiger partial charge on any atom is -0.493 e. The van der Waals surface area contributed by atoms with E-state index in [1.165, 1.54) is 0 Å². The number of hydrogen-bond donors (Lipinski definition) is 1. The molecule has 1 aromatic heterocycles. The van der Waals surface area contributed by atoms with Gasteiger partial charge in [-0.15, -0.1) is 0 Å². The molecule has 0 radical (unpaired) electrons. The van der Waals surface area contributed by atoms with Gasteiger partial charge in [0.15, 0.2) is 0 Å². The first-order valence-corrected chi connectivity index (χ1v) is 9.28. The van der Waals surface area contributed by atoms with Gasteiger partial charge in [-0.05, 0) is 35.9 Å². The van der Waals surface area contributed by atoms with Crippen LogP contribution in [0.1, 0.15) is 12.0 Å². The molecule has 142 valence electrons. The summed E-state index contributed by atoms with van der Waals surface area (Å²) >= 11 is 0. The second-order valence-corrected chi connectivity index (χ2v) is 6.57. The van der Waals surface area contributed by atoms with Gasteiger partial charge in [-0.2, -0.15) is 0 Å². The maximum absolute atomic E-state index is 12.0. The Kier molecular flexibility index (Phi) is 5.47. The van der Waals surface area contributed by atoms with Crippen molar-refractivity contribution in [2.75, 3.05) is 13.2 Å². The Hall–Kier alpha value is -3.41. The maximum Gasteiger partial charge on any atom is 0.223 e. The van der Waals surface area contributed by atoms with E-state index in [0.717, 1.165) is 34.7 Å². The van der Waals surface area contributed by atoms with Crippen molar-refractivity contribution in [1.29, 1.82) is 0 Å². The molecule has 1 N–H and O–H groups in total. The lowest BCUT2D eigenvalue weighted by Gasteiger charge is -2.12. The van der Waals surface area contributed by atoms with Crippen LogP contribution in [-0.2, 0) is 11.2 Å². The number of aromatic nitrogens is 2. The molecule has 1 aliphatic rings. The van der Waals surface area contributed by atoms with Gasteiger partial charge >= 0.3 is 0 Å². The fourth-order valence-electron chi connectivity index (χ4n) is 3.14. The highest BCUT2D eigenvalue weighted by molar-refractivity contribution is 5.76. The second kappa shape index (κ2) is 8.52. The van der Waals surface area contributed by atoms with E-state index in [1.807, 2.05) is 42.5 Å². The zero-order valence-electron chi connectivity index (χ0n) is 15.4. The molecule has 0 aliphatic carbocycles. The number of hydrogen-bond acceptors (Lipinski definition) is 5. The Morgan fingerprint density at radius 3 is 2.89 bits per heavy atom. The van der Waals surface area contributed by atoms with Crippen molar-refractivity contribution < 1.29 is 14.3 Å². The van der Waals surface area contributed by atoms with Crippen molar-refractivity contribution in [1.82, 2.24) is 15.3 Å². The molecule has 1 amide bonds. The minimum atomic E-state index is -0.0638. The van der Waals surface area contributed by atoms with Crippen molar-refractivity contribution in [2.24, 2.45) is 0 Å². The Morgan fingerprint density at radius 1 is 1.18 bits per heavy atom. The molecule has 1 atom stereocenters. The first-order valence-electron chi connectivity index (χ1n) is 9.28. The maximum atomic E-state index is 12.0. The molecule has 0 fully saturated rings. The summed E-state index contributed by atoms with van der Waals surface area (Å²) in [5.41, 5.74) is 2.97. The fraction of sp³-hybridized carbons (Fsp3) is 0.227. The van der Waals surface area contributed by atoms with Gasteiger partial charge in [-0.3, -0.25) is 14.8 Å². The van der Waals surface area contributed by atoms with Crippen LogP contribution in [0.25, 0.3) is 11.3 Å². The number of carbonyl (C=O) groups excluding carboxylic acids is 1. The van der Waals surface area contributed by atoms with Crippen molar-refractivity contribution >= 4 is 5.91 Å². The van der Waals surface area contributed by atoms with Crippen LogP contribution in [0.4, 0.5) is 0 Å². The van der Waals surface area contributed by atoms with Gasteiger partial charge in [0.1, 0.15) is 17.6 Å². The van der Waals surface area contributed by atoms with Crippen LogP contribution >= 0.6 is 0 Å². The summed E-state index contributed by atoms with van der Waals surface area (Å²) in [5.74, 6) is 1.58. The lowest BCUT2D eigenvalue weighted by Crippen LogP contribution is -2.35. The van der Waals surface area contributed by atoms with Crippen LogP contribution in [0.2, 0.25) is 0 Å². The van der Waals surface area contributed by atoms with Gasteiger partial charge in [0.05, 0.1) is 31.5 Å². The van der Waals surface area contributed by atoms with Crippen molar-refractivity contribution in [3.63, 3.8) is 0 Å². The number of nitrogens with one attached hydrogen (secondary N) is 1. The largest absolute Gasteiger partial charge is 0.493 e. The molecule has 6 nitrogen and oxygen atoms in total. The Labute approximate surface area is 163 Å². The van der Waals surface area contributed by atoms with Crippen LogP contribution in [0.15, 0.2) is 67.1 Å². The predicted octanol–water partition coefficient (Wildman–Crippen LogP) is 3.03. The first-order chi connectivity index (χ1) is 13.8. The van der Waals surface area contributed by atoms with Gasteiger partial charge in [0.25, 0.3) is 0 Å². The van der Waals surface area contributed by atoms with E-state index in [-0.39, 0.29) is 12.0 Å². The summed E-state index contributed by atoms with van der Waals surface area (Å²) < 4.78 is 11.5. The van der Waals surface area contributed by atoms with Crippen LogP contribution < -0.4 is 14.8 Å². The monoisotopic (exact) mass is 375 g/mol. The molecule has 6 heteroatoms. The molecule has 0 spiro atoms. The normalized spacial score (nSPS) is 14.8. The molecule has 28 heavy (non-hydrogen) atoms. The molecule has 1 aliphatic heterocycles. The number of para-hydroxylation sites is 1. The van der Waals surface area contributed by atoms with E-state index in [4.69, 9.17) is 9.47 Å². The van der Waals surface area contributed by atoms with E-state index < -0.39 is 0 Å². The van der Waals surface area contributed by atoms with E-state index in [1.54, 1.807) is 18.6 Å². The van der Waals surface area contributed by atoms with Crippen LogP contribution in [-0.4, -0.2) is 35.1 Å². The fourth-order valence-corrected chi connectivity index (χ4v) is 3.14. The Balaban J connectivity index is 1.24. The average molecular weight is 375 g/mol. The number of ether oxygens (including phenoxy) is 2. The van der Waals surface area contributed by atoms with Gasteiger partial charge in [0.2, 0.25) is 5.91 Å². The lowest BCUT2D eigenvalue weighted by atomic mass is 10.0. The predicted molar refractivity (Wildman–Crippen MR) is 105 cm³/mol. The summed E-state index contributed by atoms with van der Waals surface area (Å²) in [6.45, 7) is 0.822. The molecule has 3 aromatic rings. The Bertz CT molecular complexity index is 932. The minimum absolute atomic E-state index is 0.0456. The summed E-state index contributed by atoms with van der Waals surface area (Å²) in [7, 11) is 0. The number of carbonyl (C=O) groups is 1. The van der Waals surface area contributed by atoms with Gasteiger partial charge in [-0.1, -0.05) is 18.2 Å². The van der Waals surface area contributed by atoms with E-state index in [0.29, 0.717) is 19.6 Å². The zero-order chi connectivity index (χ0) is 19.2. The number of benzene rings is 2. The molecule has 1 unspecified atom stereocenters. The van der Waals surface area contributed by atoms with E-state index in [9.17, 15) is 4.79 Å². The van der Waals surface area contributed by atoms with E-state index in [2.05, 4.69) is 21.4 Å². The van der Waals surface area contributed by atoms with Crippen molar-refractivity contribution in [3.8, 4) is 22.8 Å². The quantitative estimate of drug-likeness (QED) is 0.687. The van der Waals surface area contributed by atoms with Crippen LogP contribution in [0, 0.1) is 0 Å². The summed E-state index contributed by atoms with van der Waals surface area (Å²) in [5, 5.41) is 2.93. The van der Waals surface area contributed by atoms with Crippen LogP contribution in [0.3, 0.4) is 0 Å². The third-order valence-electron chi connectivity index (χ3n) is 4.53. The number of nitrogens with zero attached hydrogens (tertiary/aromatic N) is 2. The molecular weight excluding hydrogens is 354 g/mol. The third-order valence-corrected chi connectivity index (χ3v) is 4.53. The van der Waals surface area contributed by atoms with Gasteiger partial charge < -0.3 is 14.8 Å². The smallest absolute Gasteiger partial charge is 0.223 e. The molecule has 2 heterocycles. The summed E-state index contributed by atoms with van der Waals surface area (Å²) in [6.07, 6.45) is 6.08. The van der Waals surface area contributed by atoms with Crippen molar-refractivity contribution in [2.45, 2.75) is 18.9 Å². The Morgan fingerprint density at radius 2 is 2.07 bits per heavy atom. The van der Waals surface area contributed by atoms with Crippen LogP contribution in [0.5, 0.6) is 11.5 Å². The molecule has 0 bridgehead atoms. The van der Waals surface area contributed by atoms with Gasteiger partial charge in [-0.25, -0.2) is 0 Å². The molecule has 4 rings (SSSR count). The highest BCUT2D eigenvalue weighted by Gasteiger charge is 2.23. The standard InChI is InChI=1S/C22H21N3O3/c26-22(8-11-27-18-4-2-1-3-5-18)25-14-19-13-17-12-16(6-7-21(17)28-19)20-15-23-9-10-24-20/h1-7,9-10,12,15,19H,8,11,13-14H2,(H,25,26). The highest BCUT2D eigenvalue weighted by atomic mass is 16.5. The van der Waals surface area contributed by atoms with E-state index >= 15 is 0 Å². The molecule has 0 saturated heterocycles. The zero-order valence-corrected chi connectivity index (χ0v) is 15.4. The second-order valence-electron chi connectivity index (χ2n) is 6.57. The van der Waals surface area contributed by atoms with Gasteiger partial charge in [0, 0.05) is 24.4 Å². The van der Waals surface area contributed by atoms with Crippen molar-refractivity contribution in [3.05, 3.63) is 72.7 Å². The number of amides is 1. The number of fused-ring (bicyclic) bond motifs is 1. The first kappa shape index (κ1) is 18.0. The molecular formula is C22H21N3O3.